The molecule has 2 atom stereocenters. The molecule has 1 rings (SSSR count). The minimum absolute atomic E-state index is 0.440. The van der Waals surface area contributed by atoms with E-state index in [0.29, 0.717) is 12.6 Å². The van der Waals surface area contributed by atoms with Crippen LogP contribution in [-0.2, 0) is 5.54 Å². The van der Waals surface area contributed by atoms with Gasteiger partial charge in [-0.25, -0.2) is 0 Å². The summed E-state index contributed by atoms with van der Waals surface area (Å²) in [5, 5.41) is 9.40. The van der Waals surface area contributed by atoms with Gasteiger partial charge in [-0.3, -0.25) is 0 Å². The maximum Gasteiger partial charge on any atom is 0.142 e. The van der Waals surface area contributed by atoms with E-state index in [1.54, 1.807) is 0 Å². The second-order valence-corrected chi connectivity index (χ2v) is 5.00. The van der Waals surface area contributed by atoms with Crippen molar-refractivity contribution < 1.29 is 0 Å². The third-order valence-corrected chi connectivity index (χ3v) is 3.45. The van der Waals surface area contributed by atoms with Crippen molar-refractivity contribution in [3.8, 4) is 6.07 Å². The van der Waals surface area contributed by atoms with Crippen molar-refractivity contribution in [1.82, 2.24) is 4.90 Å². The Kier molecular flexibility index (Phi) is 5.33. The smallest absolute Gasteiger partial charge is 0.142 e. The predicted octanol–water partition coefficient (Wildman–Crippen LogP) is 2.48. The van der Waals surface area contributed by atoms with Crippen LogP contribution < -0.4 is 5.73 Å². The van der Waals surface area contributed by atoms with Crippen LogP contribution in [0, 0.1) is 11.3 Å². The third-order valence-electron chi connectivity index (χ3n) is 3.45. The Morgan fingerprint density at radius 1 is 1.39 bits per heavy atom. The highest BCUT2D eigenvalue weighted by Crippen LogP contribution is 2.20. The van der Waals surface area contributed by atoms with Crippen molar-refractivity contribution in [1.29, 1.82) is 5.26 Å². The fraction of sp³-hybridized carbons (Fsp3) is 0.533. The normalized spacial score (nSPS) is 16.0. The van der Waals surface area contributed by atoms with E-state index in [4.69, 9.17) is 5.73 Å². The Labute approximate surface area is 110 Å². The number of nitrogens with two attached hydrogens (primary N) is 1. The first kappa shape index (κ1) is 14.7. The lowest BCUT2D eigenvalue weighted by Gasteiger charge is -2.32. The molecule has 0 fully saturated rings. The molecule has 2 unspecified atom stereocenters. The predicted molar refractivity (Wildman–Crippen MR) is 74.9 cm³/mol. The molecule has 0 spiro atoms. The first-order chi connectivity index (χ1) is 8.53. The summed E-state index contributed by atoms with van der Waals surface area (Å²) >= 11 is 0. The van der Waals surface area contributed by atoms with E-state index in [-0.39, 0.29) is 0 Å². The molecule has 3 nitrogen and oxygen atoms in total. The van der Waals surface area contributed by atoms with E-state index >= 15 is 0 Å². The number of hydrogen-bond acceptors (Lipinski definition) is 3. The molecular weight excluding hydrogens is 222 g/mol. The lowest BCUT2D eigenvalue weighted by molar-refractivity contribution is 0.211. The quantitative estimate of drug-likeness (QED) is 0.837. The van der Waals surface area contributed by atoms with E-state index in [1.807, 2.05) is 37.4 Å². The van der Waals surface area contributed by atoms with Crippen molar-refractivity contribution in [2.45, 2.75) is 38.3 Å². The molecule has 0 heterocycles. The number of nitrogens with zero attached hydrogens (tertiary/aromatic N) is 2. The zero-order chi connectivity index (χ0) is 13.6. The van der Waals surface area contributed by atoms with E-state index in [2.05, 4.69) is 24.8 Å². The van der Waals surface area contributed by atoms with Crippen LogP contribution in [-0.4, -0.2) is 24.5 Å². The molecule has 0 saturated carbocycles. The second kappa shape index (κ2) is 6.53. The number of likely N-dealkylation sites (N-methyl/N-ethyl adjacent to an activating group) is 1. The molecule has 98 valence electrons. The fourth-order valence-electron chi connectivity index (χ4n) is 2.11. The van der Waals surface area contributed by atoms with Crippen LogP contribution in [0.4, 0.5) is 0 Å². The van der Waals surface area contributed by atoms with E-state index in [0.717, 1.165) is 18.4 Å². The molecule has 1 aromatic rings. The summed E-state index contributed by atoms with van der Waals surface area (Å²) < 4.78 is 0. The van der Waals surface area contributed by atoms with Gasteiger partial charge in [-0.2, -0.15) is 5.26 Å². The van der Waals surface area contributed by atoms with Gasteiger partial charge in [0.25, 0.3) is 0 Å². The van der Waals surface area contributed by atoms with E-state index in [1.165, 1.54) is 0 Å². The number of hydrogen-bond donors (Lipinski definition) is 1. The molecule has 3 heteroatoms. The first-order valence-electron chi connectivity index (χ1n) is 6.49. The van der Waals surface area contributed by atoms with Crippen molar-refractivity contribution in [2.24, 2.45) is 5.73 Å². The molecule has 2 N–H and O–H groups in total. The highest BCUT2D eigenvalue weighted by molar-refractivity contribution is 5.31. The highest BCUT2D eigenvalue weighted by atomic mass is 15.1. The Hall–Kier alpha value is -1.37. The molecule has 0 aliphatic carbocycles. The van der Waals surface area contributed by atoms with Crippen LogP contribution in [0.3, 0.4) is 0 Å². The van der Waals surface area contributed by atoms with E-state index < -0.39 is 5.54 Å². The SMILES string of the molecule is CCCC(C)N(C)CC(N)(C#N)c1ccccc1. The Morgan fingerprint density at radius 2 is 2.00 bits per heavy atom. The molecule has 0 aromatic heterocycles. The summed E-state index contributed by atoms with van der Waals surface area (Å²) in [7, 11) is 2.03. The van der Waals surface area contributed by atoms with Crippen LogP contribution in [0.1, 0.15) is 32.3 Å². The molecule has 1 aromatic carbocycles. The second-order valence-electron chi connectivity index (χ2n) is 5.00. The summed E-state index contributed by atoms with van der Waals surface area (Å²) in [5.41, 5.74) is 6.20. The van der Waals surface area contributed by atoms with Gasteiger partial charge < -0.3 is 10.6 Å². The number of rotatable bonds is 6. The zero-order valence-corrected chi connectivity index (χ0v) is 11.6. The molecule has 0 radical (unpaired) electrons. The van der Waals surface area contributed by atoms with Gasteiger partial charge in [-0.05, 0) is 26.0 Å². The summed E-state index contributed by atoms with van der Waals surface area (Å²) in [6, 6.07) is 12.3. The molecule has 0 amide bonds. The fourth-order valence-corrected chi connectivity index (χ4v) is 2.11. The molecule has 0 aliphatic rings. The van der Waals surface area contributed by atoms with Crippen molar-refractivity contribution in [2.75, 3.05) is 13.6 Å². The maximum absolute atomic E-state index is 9.40. The number of nitriles is 1. The minimum atomic E-state index is -0.933. The molecular formula is C15H23N3. The largest absolute Gasteiger partial charge is 0.309 e. The summed E-state index contributed by atoms with van der Waals surface area (Å²) in [4.78, 5) is 2.17. The Morgan fingerprint density at radius 3 is 2.50 bits per heavy atom. The van der Waals surface area contributed by atoms with Crippen molar-refractivity contribution >= 4 is 0 Å². The van der Waals surface area contributed by atoms with Gasteiger partial charge in [0.2, 0.25) is 0 Å². The molecule has 0 aliphatic heterocycles. The minimum Gasteiger partial charge on any atom is -0.309 e. The zero-order valence-electron chi connectivity index (χ0n) is 11.6. The summed E-state index contributed by atoms with van der Waals surface area (Å²) in [6.07, 6.45) is 2.26. The van der Waals surface area contributed by atoms with Gasteiger partial charge >= 0.3 is 0 Å². The Bertz CT molecular complexity index is 396. The highest BCUT2D eigenvalue weighted by Gasteiger charge is 2.29. The summed E-state index contributed by atoms with van der Waals surface area (Å²) in [6.45, 7) is 4.89. The van der Waals surface area contributed by atoms with Gasteiger partial charge in [0.15, 0.2) is 0 Å². The molecule has 0 saturated heterocycles. The molecule has 0 bridgehead atoms. The van der Waals surface area contributed by atoms with Gasteiger partial charge in [-0.1, -0.05) is 43.7 Å². The lowest BCUT2D eigenvalue weighted by Crippen LogP contribution is -2.47. The maximum atomic E-state index is 9.40. The molecule has 18 heavy (non-hydrogen) atoms. The first-order valence-corrected chi connectivity index (χ1v) is 6.49. The topological polar surface area (TPSA) is 53.0 Å². The average molecular weight is 245 g/mol. The van der Waals surface area contributed by atoms with Gasteiger partial charge in [0, 0.05) is 12.6 Å². The van der Waals surface area contributed by atoms with Crippen LogP contribution in [0.5, 0.6) is 0 Å². The van der Waals surface area contributed by atoms with E-state index in [9.17, 15) is 5.26 Å². The average Bonchev–Trinajstić information content (AvgIpc) is 2.39. The summed E-state index contributed by atoms with van der Waals surface area (Å²) in [5.74, 6) is 0. The number of benzene rings is 1. The van der Waals surface area contributed by atoms with Crippen LogP contribution >= 0.6 is 0 Å². The third kappa shape index (κ3) is 3.56. The van der Waals surface area contributed by atoms with Crippen molar-refractivity contribution in [3.05, 3.63) is 35.9 Å². The Balaban J connectivity index is 2.82. The van der Waals surface area contributed by atoms with Crippen LogP contribution in [0.25, 0.3) is 0 Å². The van der Waals surface area contributed by atoms with Gasteiger partial charge in [0.05, 0.1) is 6.07 Å². The van der Waals surface area contributed by atoms with Crippen LogP contribution in [0.15, 0.2) is 30.3 Å². The van der Waals surface area contributed by atoms with Gasteiger partial charge in [0.1, 0.15) is 5.54 Å². The standard InChI is InChI=1S/C15H23N3/c1-4-8-13(2)18(3)12-15(17,11-16)14-9-6-5-7-10-14/h5-7,9-10,13H,4,8,12,17H2,1-3H3. The monoisotopic (exact) mass is 245 g/mol. The van der Waals surface area contributed by atoms with Crippen LogP contribution in [0.2, 0.25) is 0 Å². The van der Waals surface area contributed by atoms with Gasteiger partial charge in [-0.15, -0.1) is 0 Å². The lowest BCUT2D eigenvalue weighted by atomic mass is 9.91. The van der Waals surface area contributed by atoms with Crippen molar-refractivity contribution in [3.63, 3.8) is 0 Å².